The van der Waals surface area contributed by atoms with Gasteiger partial charge in [0.15, 0.2) is 0 Å². The first-order valence-corrected chi connectivity index (χ1v) is 4.75. The number of anilines is 1. The predicted molar refractivity (Wildman–Crippen MR) is 58.3 cm³/mol. The number of ether oxygens (including phenoxy) is 1. The first kappa shape index (κ1) is 11.4. The summed E-state index contributed by atoms with van der Waals surface area (Å²) in [5.74, 6) is -0.512. The Labute approximate surface area is 88.9 Å². The molecule has 15 heavy (non-hydrogen) atoms. The fraction of sp³-hybridized carbons (Fsp3) is 0.364. The van der Waals surface area contributed by atoms with E-state index in [4.69, 9.17) is 9.84 Å². The minimum atomic E-state index is -0.808. The van der Waals surface area contributed by atoms with Gasteiger partial charge in [-0.1, -0.05) is 19.1 Å². The monoisotopic (exact) mass is 209 g/mol. The molecule has 1 rings (SSSR count). The first-order chi connectivity index (χ1) is 7.15. The second-order valence-electron chi connectivity index (χ2n) is 3.32. The van der Waals surface area contributed by atoms with Gasteiger partial charge in [0.1, 0.15) is 5.75 Å². The number of nitrogens with one attached hydrogen (secondary N) is 1. The van der Waals surface area contributed by atoms with Crippen LogP contribution in [0.3, 0.4) is 0 Å². The van der Waals surface area contributed by atoms with Gasteiger partial charge in [-0.15, -0.1) is 0 Å². The van der Waals surface area contributed by atoms with Crippen molar-refractivity contribution < 1.29 is 14.6 Å². The summed E-state index contributed by atoms with van der Waals surface area (Å²) >= 11 is 0. The van der Waals surface area contributed by atoms with Crippen molar-refractivity contribution in [2.45, 2.75) is 6.92 Å². The molecular formula is C11H15NO3. The Morgan fingerprint density at radius 3 is 2.80 bits per heavy atom. The largest absolute Gasteiger partial charge is 0.495 e. The summed E-state index contributed by atoms with van der Waals surface area (Å²) in [5.41, 5.74) is 0.813. The number of benzene rings is 1. The normalized spacial score (nSPS) is 11.9. The zero-order valence-corrected chi connectivity index (χ0v) is 8.86. The minimum absolute atomic E-state index is 0.385. The highest BCUT2D eigenvalue weighted by atomic mass is 16.5. The molecule has 2 N–H and O–H groups in total. The summed E-state index contributed by atoms with van der Waals surface area (Å²) in [6, 6.07) is 7.42. The molecule has 1 atom stereocenters. The van der Waals surface area contributed by atoms with Gasteiger partial charge in [-0.05, 0) is 12.1 Å². The highest BCUT2D eigenvalue weighted by Gasteiger charge is 2.10. The Bertz CT molecular complexity index is 338. The van der Waals surface area contributed by atoms with E-state index in [-0.39, 0.29) is 0 Å². The summed E-state index contributed by atoms with van der Waals surface area (Å²) in [6.45, 7) is 2.04. The highest BCUT2D eigenvalue weighted by molar-refractivity contribution is 5.70. The topological polar surface area (TPSA) is 58.6 Å². The van der Waals surface area contributed by atoms with E-state index in [1.807, 2.05) is 24.3 Å². The highest BCUT2D eigenvalue weighted by Crippen LogP contribution is 2.23. The number of carboxylic acid groups (broad SMARTS) is 1. The van der Waals surface area contributed by atoms with Crippen LogP contribution in [0.1, 0.15) is 6.92 Å². The molecule has 0 aliphatic rings. The molecule has 0 spiro atoms. The van der Waals surface area contributed by atoms with E-state index < -0.39 is 11.9 Å². The van der Waals surface area contributed by atoms with E-state index in [2.05, 4.69) is 5.32 Å². The van der Waals surface area contributed by atoms with Crippen LogP contribution in [0.4, 0.5) is 5.69 Å². The molecule has 1 aromatic carbocycles. The van der Waals surface area contributed by atoms with Crippen molar-refractivity contribution in [1.82, 2.24) is 0 Å². The molecule has 0 saturated carbocycles. The second kappa shape index (κ2) is 5.24. The van der Waals surface area contributed by atoms with Gasteiger partial charge in [0.2, 0.25) is 0 Å². The summed E-state index contributed by atoms with van der Waals surface area (Å²) in [5, 5.41) is 11.8. The van der Waals surface area contributed by atoms with Crippen molar-refractivity contribution >= 4 is 11.7 Å². The van der Waals surface area contributed by atoms with Gasteiger partial charge < -0.3 is 15.2 Å². The van der Waals surface area contributed by atoms with E-state index in [0.29, 0.717) is 6.54 Å². The summed E-state index contributed by atoms with van der Waals surface area (Å²) in [7, 11) is 1.58. The van der Waals surface area contributed by atoms with Crippen molar-refractivity contribution in [2.75, 3.05) is 19.0 Å². The lowest BCUT2D eigenvalue weighted by Crippen LogP contribution is -2.19. The Hall–Kier alpha value is -1.71. The molecular weight excluding hydrogens is 194 g/mol. The Balaban J connectivity index is 2.60. The van der Waals surface area contributed by atoms with Gasteiger partial charge in [0.25, 0.3) is 0 Å². The Morgan fingerprint density at radius 2 is 2.20 bits per heavy atom. The fourth-order valence-electron chi connectivity index (χ4n) is 1.14. The summed E-state index contributed by atoms with van der Waals surface area (Å²) in [4.78, 5) is 10.6. The smallest absolute Gasteiger partial charge is 0.308 e. The lowest BCUT2D eigenvalue weighted by Gasteiger charge is -2.12. The van der Waals surface area contributed by atoms with Crippen molar-refractivity contribution in [3.63, 3.8) is 0 Å². The lowest BCUT2D eigenvalue weighted by molar-refractivity contribution is -0.140. The van der Waals surface area contributed by atoms with Gasteiger partial charge in [0, 0.05) is 6.54 Å². The standard InChI is InChI=1S/C11H15NO3/c1-8(11(13)14)7-12-9-5-3-4-6-10(9)15-2/h3-6,8,12H,7H2,1-2H3,(H,13,14). The second-order valence-corrected chi connectivity index (χ2v) is 3.32. The molecule has 0 amide bonds. The first-order valence-electron chi connectivity index (χ1n) is 4.75. The van der Waals surface area contributed by atoms with Crippen LogP contribution in [0.15, 0.2) is 24.3 Å². The predicted octanol–water partition coefficient (Wildman–Crippen LogP) is 1.83. The molecule has 4 nitrogen and oxygen atoms in total. The molecule has 0 aliphatic carbocycles. The van der Waals surface area contributed by atoms with Crippen LogP contribution in [-0.4, -0.2) is 24.7 Å². The molecule has 1 unspecified atom stereocenters. The number of methoxy groups -OCH3 is 1. The van der Waals surface area contributed by atoms with Crippen LogP contribution < -0.4 is 10.1 Å². The van der Waals surface area contributed by atoms with E-state index in [1.165, 1.54) is 0 Å². The third-order valence-electron chi connectivity index (χ3n) is 2.13. The zero-order chi connectivity index (χ0) is 11.3. The average Bonchev–Trinajstić information content (AvgIpc) is 2.26. The molecule has 0 aliphatic heterocycles. The molecule has 4 heteroatoms. The number of carboxylic acids is 1. The van der Waals surface area contributed by atoms with Crippen LogP contribution in [0, 0.1) is 5.92 Å². The van der Waals surface area contributed by atoms with Crippen LogP contribution >= 0.6 is 0 Å². The van der Waals surface area contributed by atoms with Crippen LogP contribution in [0.25, 0.3) is 0 Å². The molecule has 0 radical (unpaired) electrons. The zero-order valence-electron chi connectivity index (χ0n) is 8.86. The molecule has 0 heterocycles. The molecule has 0 saturated heterocycles. The third kappa shape index (κ3) is 3.16. The average molecular weight is 209 g/mol. The number of carbonyl (C=O) groups is 1. The lowest BCUT2D eigenvalue weighted by atomic mass is 10.2. The maximum atomic E-state index is 10.6. The maximum absolute atomic E-state index is 10.6. The Kier molecular flexibility index (Phi) is 3.97. The number of aliphatic carboxylic acids is 1. The van der Waals surface area contributed by atoms with E-state index in [1.54, 1.807) is 14.0 Å². The van der Waals surface area contributed by atoms with Gasteiger partial charge in [-0.3, -0.25) is 4.79 Å². The quantitative estimate of drug-likeness (QED) is 0.776. The Morgan fingerprint density at radius 1 is 1.53 bits per heavy atom. The maximum Gasteiger partial charge on any atom is 0.308 e. The number of hydrogen-bond acceptors (Lipinski definition) is 3. The van der Waals surface area contributed by atoms with E-state index in [9.17, 15) is 4.79 Å². The minimum Gasteiger partial charge on any atom is -0.495 e. The van der Waals surface area contributed by atoms with Crippen molar-refractivity contribution in [1.29, 1.82) is 0 Å². The van der Waals surface area contributed by atoms with Crippen LogP contribution in [0.5, 0.6) is 5.75 Å². The fourth-order valence-corrected chi connectivity index (χ4v) is 1.14. The van der Waals surface area contributed by atoms with E-state index >= 15 is 0 Å². The van der Waals surface area contributed by atoms with Gasteiger partial charge in [0.05, 0.1) is 18.7 Å². The molecule has 0 bridgehead atoms. The van der Waals surface area contributed by atoms with Crippen LogP contribution in [-0.2, 0) is 4.79 Å². The van der Waals surface area contributed by atoms with Gasteiger partial charge in [-0.25, -0.2) is 0 Å². The number of para-hydroxylation sites is 2. The summed E-state index contributed by atoms with van der Waals surface area (Å²) < 4.78 is 5.13. The van der Waals surface area contributed by atoms with Crippen molar-refractivity contribution in [3.8, 4) is 5.75 Å². The van der Waals surface area contributed by atoms with Crippen molar-refractivity contribution in [2.24, 2.45) is 5.92 Å². The molecule has 82 valence electrons. The molecule has 1 aromatic rings. The SMILES string of the molecule is COc1ccccc1NCC(C)C(=O)O. The van der Waals surface area contributed by atoms with Crippen LogP contribution in [0.2, 0.25) is 0 Å². The van der Waals surface area contributed by atoms with Gasteiger partial charge >= 0.3 is 5.97 Å². The third-order valence-corrected chi connectivity index (χ3v) is 2.13. The van der Waals surface area contributed by atoms with Gasteiger partial charge in [-0.2, -0.15) is 0 Å². The number of hydrogen-bond donors (Lipinski definition) is 2. The van der Waals surface area contributed by atoms with E-state index in [0.717, 1.165) is 11.4 Å². The van der Waals surface area contributed by atoms with Crippen molar-refractivity contribution in [3.05, 3.63) is 24.3 Å². The molecule has 0 aromatic heterocycles. The number of rotatable bonds is 5. The molecule has 0 fully saturated rings. The summed E-state index contributed by atoms with van der Waals surface area (Å²) in [6.07, 6.45) is 0.